The second kappa shape index (κ2) is 6.53. The Balaban J connectivity index is 2.24. The number of pyridine rings is 1. The molecule has 0 saturated carbocycles. The second-order valence-electron chi connectivity index (χ2n) is 4.58. The predicted molar refractivity (Wildman–Crippen MR) is 83.5 cm³/mol. The number of aromatic nitrogens is 2. The molecule has 0 spiro atoms. The fourth-order valence-electron chi connectivity index (χ4n) is 1.80. The molecular formula is C14H18N4O2S. The maximum Gasteiger partial charge on any atom is 0.341 e. The Morgan fingerprint density at radius 1 is 1.57 bits per heavy atom. The van der Waals surface area contributed by atoms with Crippen molar-refractivity contribution in [2.24, 2.45) is 0 Å². The summed E-state index contributed by atoms with van der Waals surface area (Å²) in [6, 6.07) is 1.50. The summed E-state index contributed by atoms with van der Waals surface area (Å²) in [6.45, 7) is 5.96. The van der Waals surface area contributed by atoms with Gasteiger partial charge in [-0.15, -0.1) is 11.3 Å². The SMILES string of the molecule is CCOC(=O)c1cc(N)cnc1NC(C)c1nc(C)cs1. The van der Waals surface area contributed by atoms with E-state index in [0.29, 0.717) is 23.7 Å². The van der Waals surface area contributed by atoms with Crippen LogP contribution in [0.1, 0.15) is 40.9 Å². The third kappa shape index (κ3) is 3.69. The zero-order valence-electron chi connectivity index (χ0n) is 12.2. The van der Waals surface area contributed by atoms with Crippen LogP contribution in [0.2, 0.25) is 0 Å². The molecule has 0 aliphatic heterocycles. The molecule has 2 aromatic heterocycles. The third-order valence-corrected chi connectivity index (χ3v) is 3.91. The van der Waals surface area contributed by atoms with Crippen LogP contribution in [-0.4, -0.2) is 22.5 Å². The first-order chi connectivity index (χ1) is 10.0. The lowest BCUT2D eigenvalue weighted by Crippen LogP contribution is -2.14. The molecule has 2 heterocycles. The minimum absolute atomic E-state index is 0.0620. The van der Waals surface area contributed by atoms with Gasteiger partial charge in [0.15, 0.2) is 0 Å². The van der Waals surface area contributed by atoms with Gasteiger partial charge in [-0.05, 0) is 26.8 Å². The Labute approximate surface area is 127 Å². The Kier molecular flexibility index (Phi) is 4.74. The number of thiazole rings is 1. The molecule has 3 N–H and O–H groups in total. The van der Waals surface area contributed by atoms with E-state index < -0.39 is 5.97 Å². The lowest BCUT2D eigenvalue weighted by molar-refractivity contribution is 0.0527. The lowest BCUT2D eigenvalue weighted by atomic mass is 10.2. The molecule has 0 aliphatic rings. The first-order valence-corrected chi connectivity index (χ1v) is 7.50. The summed E-state index contributed by atoms with van der Waals surface area (Å²) in [5.41, 5.74) is 7.42. The summed E-state index contributed by atoms with van der Waals surface area (Å²) in [5.74, 6) is 0.00493. The van der Waals surface area contributed by atoms with Gasteiger partial charge in [0, 0.05) is 11.1 Å². The minimum atomic E-state index is -0.442. The van der Waals surface area contributed by atoms with Crippen LogP contribution in [0.5, 0.6) is 0 Å². The maximum absolute atomic E-state index is 12.0. The van der Waals surface area contributed by atoms with Crippen LogP contribution in [0.3, 0.4) is 0 Å². The zero-order valence-corrected chi connectivity index (χ0v) is 13.0. The van der Waals surface area contributed by atoms with Gasteiger partial charge < -0.3 is 15.8 Å². The number of nitrogens with one attached hydrogen (secondary N) is 1. The smallest absolute Gasteiger partial charge is 0.341 e. The monoisotopic (exact) mass is 306 g/mol. The number of hydrogen-bond donors (Lipinski definition) is 2. The first kappa shape index (κ1) is 15.2. The number of carbonyl (C=O) groups is 1. The average Bonchev–Trinajstić information content (AvgIpc) is 2.87. The molecule has 0 aliphatic carbocycles. The summed E-state index contributed by atoms with van der Waals surface area (Å²) in [6.07, 6.45) is 1.50. The third-order valence-electron chi connectivity index (χ3n) is 2.76. The number of nitrogen functional groups attached to an aromatic ring is 1. The highest BCUT2D eigenvalue weighted by molar-refractivity contribution is 7.09. The molecule has 0 radical (unpaired) electrons. The molecule has 1 unspecified atom stereocenters. The van der Waals surface area contributed by atoms with Crippen molar-refractivity contribution in [2.45, 2.75) is 26.8 Å². The summed E-state index contributed by atoms with van der Waals surface area (Å²) in [7, 11) is 0. The van der Waals surface area contributed by atoms with Crippen molar-refractivity contribution >= 4 is 28.8 Å². The van der Waals surface area contributed by atoms with Gasteiger partial charge in [-0.2, -0.15) is 0 Å². The van der Waals surface area contributed by atoms with E-state index in [0.717, 1.165) is 10.7 Å². The lowest BCUT2D eigenvalue weighted by Gasteiger charge is -2.15. The largest absolute Gasteiger partial charge is 0.462 e. The average molecular weight is 306 g/mol. The summed E-state index contributed by atoms with van der Waals surface area (Å²) < 4.78 is 5.03. The molecular weight excluding hydrogens is 288 g/mol. The molecule has 0 saturated heterocycles. The summed E-state index contributed by atoms with van der Waals surface area (Å²) in [4.78, 5) is 20.6. The van der Waals surface area contributed by atoms with E-state index in [9.17, 15) is 4.79 Å². The van der Waals surface area contributed by atoms with Gasteiger partial charge in [-0.1, -0.05) is 0 Å². The number of rotatable bonds is 5. The van der Waals surface area contributed by atoms with E-state index in [-0.39, 0.29) is 6.04 Å². The Bertz CT molecular complexity index is 642. The molecule has 0 bridgehead atoms. The minimum Gasteiger partial charge on any atom is -0.462 e. The fourth-order valence-corrected chi connectivity index (χ4v) is 2.60. The molecule has 21 heavy (non-hydrogen) atoms. The van der Waals surface area contributed by atoms with E-state index in [4.69, 9.17) is 10.5 Å². The van der Waals surface area contributed by atoms with Crippen LogP contribution in [0.4, 0.5) is 11.5 Å². The van der Waals surface area contributed by atoms with E-state index in [1.165, 1.54) is 6.20 Å². The highest BCUT2D eigenvalue weighted by Crippen LogP contribution is 2.24. The van der Waals surface area contributed by atoms with Crippen LogP contribution >= 0.6 is 11.3 Å². The molecule has 2 aromatic rings. The van der Waals surface area contributed by atoms with Crippen molar-refractivity contribution < 1.29 is 9.53 Å². The van der Waals surface area contributed by atoms with Crippen molar-refractivity contribution in [1.82, 2.24) is 9.97 Å². The predicted octanol–water partition coefficient (Wildman–Crippen LogP) is 2.78. The number of carbonyl (C=O) groups excluding carboxylic acids is 1. The summed E-state index contributed by atoms with van der Waals surface area (Å²) >= 11 is 1.56. The van der Waals surface area contributed by atoms with Crippen molar-refractivity contribution in [3.8, 4) is 0 Å². The van der Waals surface area contributed by atoms with E-state index in [1.54, 1.807) is 24.3 Å². The van der Waals surface area contributed by atoms with E-state index in [1.807, 2.05) is 19.2 Å². The first-order valence-electron chi connectivity index (χ1n) is 6.62. The highest BCUT2D eigenvalue weighted by atomic mass is 32.1. The van der Waals surface area contributed by atoms with E-state index in [2.05, 4.69) is 15.3 Å². The van der Waals surface area contributed by atoms with Crippen LogP contribution in [0.15, 0.2) is 17.6 Å². The van der Waals surface area contributed by atoms with Crippen LogP contribution < -0.4 is 11.1 Å². The second-order valence-corrected chi connectivity index (χ2v) is 5.47. The van der Waals surface area contributed by atoms with Crippen molar-refractivity contribution in [3.63, 3.8) is 0 Å². The number of aryl methyl sites for hydroxylation is 1. The van der Waals surface area contributed by atoms with Gasteiger partial charge >= 0.3 is 5.97 Å². The maximum atomic E-state index is 12.0. The zero-order chi connectivity index (χ0) is 15.4. The van der Waals surface area contributed by atoms with Crippen molar-refractivity contribution in [1.29, 1.82) is 0 Å². The fraction of sp³-hybridized carbons (Fsp3) is 0.357. The van der Waals surface area contributed by atoms with Gasteiger partial charge in [-0.3, -0.25) is 0 Å². The van der Waals surface area contributed by atoms with Crippen LogP contribution in [0.25, 0.3) is 0 Å². The standard InChI is InChI=1S/C14H18N4O2S/c1-4-20-14(19)11-5-10(15)6-16-12(11)18-9(3)13-17-8(2)7-21-13/h5-7,9H,4,15H2,1-3H3,(H,16,18). The number of ether oxygens (including phenoxy) is 1. The topological polar surface area (TPSA) is 90.1 Å². The van der Waals surface area contributed by atoms with Gasteiger partial charge in [0.2, 0.25) is 0 Å². The molecule has 0 aromatic carbocycles. The highest BCUT2D eigenvalue weighted by Gasteiger charge is 2.18. The van der Waals surface area contributed by atoms with Gasteiger partial charge in [0.25, 0.3) is 0 Å². The van der Waals surface area contributed by atoms with Crippen LogP contribution in [0, 0.1) is 6.92 Å². The van der Waals surface area contributed by atoms with Crippen molar-refractivity contribution in [2.75, 3.05) is 17.7 Å². The molecule has 7 heteroatoms. The van der Waals surface area contributed by atoms with E-state index >= 15 is 0 Å². The number of nitrogens with zero attached hydrogens (tertiary/aromatic N) is 2. The molecule has 112 valence electrons. The molecule has 0 fully saturated rings. The summed E-state index contributed by atoms with van der Waals surface area (Å²) in [5, 5.41) is 6.10. The number of hydrogen-bond acceptors (Lipinski definition) is 7. The molecule has 0 amide bonds. The van der Waals surface area contributed by atoms with Gasteiger partial charge in [-0.25, -0.2) is 14.8 Å². The Morgan fingerprint density at radius 3 is 2.95 bits per heavy atom. The molecule has 6 nitrogen and oxygen atoms in total. The Morgan fingerprint density at radius 2 is 2.33 bits per heavy atom. The van der Waals surface area contributed by atoms with Gasteiger partial charge in [0.1, 0.15) is 16.4 Å². The normalized spacial score (nSPS) is 12.0. The molecule has 2 rings (SSSR count). The van der Waals surface area contributed by atoms with Crippen LogP contribution in [-0.2, 0) is 4.74 Å². The number of nitrogens with two attached hydrogens (primary N) is 1. The van der Waals surface area contributed by atoms with Crippen molar-refractivity contribution in [3.05, 3.63) is 33.9 Å². The number of anilines is 2. The molecule has 1 atom stereocenters. The quantitative estimate of drug-likeness (QED) is 0.826. The Hall–Kier alpha value is -2.15. The van der Waals surface area contributed by atoms with Gasteiger partial charge in [0.05, 0.1) is 24.5 Å². The number of esters is 1.